The fourth-order valence-corrected chi connectivity index (χ4v) is 2.05. The van der Waals surface area contributed by atoms with Crippen molar-refractivity contribution in [2.45, 2.75) is 6.92 Å². The minimum absolute atomic E-state index is 0.0498. The van der Waals surface area contributed by atoms with Gasteiger partial charge in [0.15, 0.2) is 5.15 Å². The van der Waals surface area contributed by atoms with Crippen LogP contribution in [0.15, 0.2) is 12.3 Å². The zero-order valence-corrected chi connectivity index (χ0v) is 11.1. The Balaban J connectivity index is 1.92. The van der Waals surface area contributed by atoms with E-state index in [2.05, 4.69) is 20.5 Å². The summed E-state index contributed by atoms with van der Waals surface area (Å²) >= 11 is 5.93. The number of hydrogen-bond acceptors (Lipinski definition) is 4. The molecule has 1 fully saturated rings. The molecule has 0 atom stereocenters. The second kappa shape index (κ2) is 6.13. The van der Waals surface area contributed by atoms with Crippen LogP contribution in [0.25, 0.3) is 0 Å². The van der Waals surface area contributed by atoms with Crippen molar-refractivity contribution in [3.05, 3.63) is 23.0 Å². The Morgan fingerprint density at radius 1 is 1.56 bits per heavy atom. The average molecular weight is 269 g/mol. The topological polar surface area (TPSA) is 57.3 Å². The van der Waals surface area contributed by atoms with E-state index in [0.717, 1.165) is 31.7 Å². The number of carbonyl (C=O) groups excluding carboxylic acids is 1. The van der Waals surface area contributed by atoms with Gasteiger partial charge in [-0.05, 0) is 18.6 Å². The number of amides is 1. The van der Waals surface area contributed by atoms with Crippen LogP contribution in [0.5, 0.6) is 0 Å². The number of hydrogen-bond donors (Lipinski definition) is 2. The van der Waals surface area contributed by atoms with E-state index in [-0.39, 0.29) is 5.91 Å². The van der Waals surface area contributed by atoms with Crippen LogP contribution in [0.4, 0.5) is 5.69 Å². The Morgan fingerprint density at radius 3 is 3.00 bits per heavy atom. The van der Waals surface area contributed by atoms with Gasteiger partial charge >= 0.3 is 0 Å². The largest absolute Gasteiger partial charge is 0.322 e. The van der Waals surface area contributed by atoms with Crippen LogP contribution >= 0.6 is 11.6 Å². The number of halogens is 1. The molecule has 18 heavy (non-hydrogen) atoms. The molecular formula is C12H17ClN4O. The predicted molar refractivity (Wildman–Crippen MR) is 71.9 cm³/mol. The van der Waals surface area contributed by atoms with E-state index < -0.39 is 0 Å². The van der Waals surface area contributed by atoms with E-state index in [1.165, 1.54) is 0 Å². The van der Waals surface area contributed by atoms with Crippen molar-refractivity contribution in [2.75, 3.05) is 38.0 Å². The lowest BCUT2D eigenvalue weighted by atomic mass is 10.3. The molecule has 0 aromatic carbocycles. The standard InChI is InChI=1S/C12H17ClN4O/c1-9-6-10(12(13)15-7-9)16-11(18)8-17-4-2-14-3-5-17/h6-7,14H,2-5,8H2,1H3,(H,16,18). The number of rotatable bonds is 3. The average Bonchev–Trinajstić information content (AvgIpc) is 2.35. The van der Waals surface area contributed by atoms with Crippen LogP contribution in [-0.2, 0) is 4.79 Å². The SMILES string of the molecule is Cc1cnc(Cl)c(NC(=O)CN2CCNCC2)c1. The Kier molecular flexibility index (Phi) is 4.52. The maximum Gasteiger partial charge on any atom is 0.238 e. The summed E-state index contributed by atoms with van der Waals surface area (Å²) in [5.74, 6) is -0.0498. The minimum atomic E-state index is -0.0498. The third-order valence-electron chi connectivity index (χ3n) is 2.83. The van der Waals surface area contributed by atoms with Crippen molar-refractivity contribution < 1.29 is 4.79 Å². The lowest BCUT2D eigenvalue weighted by molar-refractivity contribution is -0.117. The monoisotopic (exact) mass is 268 g/mol. The molecule has 2 heterocycles. The molecule has 0 radical (unpaired) electrons. The first kappa shape index (κ1) is 13.3. The summed E-state index contributed by atoms with van der Waals surface area (Å²) in [4.78, 5) is 18.0. The molecule has 1 aromatic heterocycles. The van der Waals surface area contributed by atoms with Crippen molar-refractivity contribution >= 4 is 23.2 Å². The number of nitrogens with zero attached hydrogens (tertiary/aromatic N) is 2. The van der Waals surface area contributed by atoms with Gasteiger partial charge in [-0.15, -0.1) is 0 Å². The molecule has 6 heteroatoms. The quantitative estimate of drug-likeness (QED) is 0.800. The molecule has 2 rings (SSSR count). The predicted octanol–water partition coefficient (Wildman–Crippen LogP) is 0.887. The third kappa shape index (κ3) is 3.66. The molecule has 1 aliphatic heterocycles. The number of carbonyl (C=O) groups is 1. The summed E-state index contributed by atoms with van der Waals surface area (Å²) in [5, 5.41) is 6.38. The van der Waals surface area contributed by atoms with Gasteiger partial charge in [-0.1, -0.05) is 11.6 Å². The van der Waals surface area contributed by atoms with E-state index in [1.54, 1.807) is 6.20 Å². The fourth-order valence-electron chi connectivity index (χ4n) is 1.90. The van der Waals surface area contributed by atoms with Gasteiger partial charge in [-0.2, -0.15) is 0 Å². The first-order valence-electron chi connectivity index (χ1n) is 6.00. The molecular weight excluding hydrogens is 252 g/mol. The molecule has 2 N–H and O–H groups in total. The van der Waals surface area contributed by atoms with Crippen molar-refractivity contribution in [3.63, 3.8) is 0 Å². The van der Waals surface area contributed by atoms with E-state index in [9.17, 15) is 4.79 Å². The number of anilines is 1. The van der Waals surface area contributed by atoms with Gasteiger partial charge in [-0.3, -0.25) is 9.69 Å². The highest BCUT2D eigenvalue weighted by atomic mass is 35.5. The van der Waals surface area contributed by atoms with Gasteiger partial charge in [0.25, 0.3) is 0 Å². The molecule has 1 aromatic rings. The molecule has 0 unspecified atom stereocenters. The molecule has 5 nitrogen and oxygen atoms in total. The van der Waals surface area contributed by atoms with Gasteiger partial charge in [0.2, 0.25) is 5.91 Å². The van der Waals surface area contributed by atoms with Crippen molar-refractivity contribution in [1.29, 1.82) is 0 Å². The van der Waals surface area contributed by atoms with Crippen LogP contribution in [0.2, 0.25) is 5.15 Å². The van der Waals surface area contributed by atoms with Crippen molar-refractivity contribution in [2.24, 2.45) is 0 Å². The van der Waals surface area contributed by atoms with E-state index in [4.69, 9.17) is 11.6 Å². The molecule has 0 spiro atoms. The Labute approximate surface area is 112 Å². The zero-order chi connectivity index (χ0) is 13.0. The maximum atomic E-state index is 11.9. The number of nitrogens with one attached hydrogen (secondary N) is 2. The Bertz CT molecular complexity index is 432. The van der Waals surface area contributed by atoms with E-state index in [1.807, 2.05) is 13.0 Å². The molecule has 98 valence electrons. The highest BCUT2D eigenvalue weighted by Gasteiger charge is 2.14. The summed E-state index contributed by atoms with van der Waals surface area (Å²) in [6.07, 6.45) is 1.67. The minimum Gasteiger partial charge on any atom is -0.322 e. The second-order valence-corrected chi connectivity index (χ2v) is 4.78. The molecule has 1 amide bonds. The van der Waals surface area contributed by atoms with Crippen LogP contribution in [0.3, 0.4) is 0 Å². The fraction of sp³-hybridized carbons (Fsp3) is 0.500. The summed E-state index contributed by atoms with van der Waals surface area (Å²) in [6, 6.07) is 1.82. The molecule has 0 saturated carbocycles. The maximum absolute atomic E-state index is 11.9. The second-order valence-electron chi connectivity index (χ2n) is 4.43. The smallest absolute Gasteiger partial charge is 0.238 e. The number of aromatic nitrogens is 1. The van der Waals surface area contributed by atoms with E-state index in [0.29, 0.717) is 17.4 Å². The number of piperazine rings is 1. The summed E-state index contributed by atoms with van der Waals surface area (Å²) in [6.45, 7) is 5.96. The number of pyridine rings is 1. The van der Waals surface area contributed by atoms with Gasteiger partial charge in [0.1, 0.15) is 0 Å². The number of aryl methyl sites for hydroxylation is 1. The first-order valence-corrected chi connectivity index (χ1v) is 6.38. The molecule has 0 aliphatic carbocycles. The Hall–Kier alpha value is -1.17. The summed E-state index contributed by atoms with van der Waals surface area (Å²) < 4.78 is 0. The molecule has 0 bridgehead atoms. The highest BCUT2D eigenvalue weighted by molar-refractivity contribution is 6.32. The van der Waals surface area contributed by atoms with Crippen LogP contribution < -0.4 is 10.6 Å². The first-order chi connectivity index (χ1) is 8.65. The van der Waals surface area contributed by atoms with Gasteiger partial charge in [0, 0.05) is 32.4 Å². The highest BCUT2D eigenvalue weighted by Crippen LogP contribution is 2.19. The van der Waals surface area contributed by atoms with Gasteiger partial charge in [-0.25, -0.2) is 4.98 Å². The Morgan fingerprint density at radius 2 is 2.28 bits per heavy atom. The molecule has 1 aliphatic rings. The third-order valence-corrected chi connectivity index (χ3v) is 3.13. The summed E-state index contributed by atoms with van der Waals surface area (Å²) in [7, 11) is 0. The van der Waals surface area contributed by atoms with Crippen LogP contribution in [0, 0.1) is 6.92 Å². The van der Waals surface area contributed by atoms with Gasteiger partial charge < -0.3 is 10.6 Å². The van der Waals surface area contributed by atoms with Crippen molar-refractivity contribution in [3.8, 4) is 0 Å². The lowest BCUT2D eigenvalue weighted by Gasteiger charge is -2.26. The van der Waals surface area contributed by atoms with E-state index >= 15 is 0 Å². The normalized spacial score (nSPS) is 16.6. The van der Waals surface area contributed by atoms with Crippen LogP contribution in [-0.4, -0.2) is 48.5 Å². The summed E-state index contributed by atoms with van der Waals surface area (Å²) in [5.41, 5.74) is 1.55. The molecule has 1 saturated heterocycles. The lowest BCUT2D eigenvalue weighted by Crippen LogP contribution is -2.46. The van der Waals surface area contributed by atoms with Crippen LogP contribution in [0.1, 0.15) is 5.56 Å². The zero-order valence-electron chi connectivity index (χ0n) is 10.4. The van der Waals surface area contributed by atoms with Gasteiger partial charge in [0.05, 0.1) is 12.2 Å². The van der Waals surface area contributed by atoms with Crippen molar-refractivity contribution in [1.82, 2.24) is 15.2 Å².